The second-order valence-electron chi connectivity index (χ2n) is 7.85. The van der Waals surface area contributed by atoms with Crippen molar-refractivity contribution in [2.75, 3.05) is 4.90 Å². The zero-order chi connectivity index (χ0) is 22.8. The van der Waals surface area contributed by atoms with Gasteiger partial charge in [0, 0.05) is 18.4 Å². The van der Waals surface area contributed by atoms with Crippen LogP contribution in [0.5, 0.6) is 0 Å². The van der Waals surface area contributed by atoms with Gasteiger partial charge in [0.25, 0.3) is 0 Å². The number of carbonyl (C=O) groups is 1. The molecule has 5 rings (SSSR count). The van der Waals surface area contributed by atoms with Crippen LogP contribution in [0.1, 0.15) is 23.4 Å². The van der Waals surface area contributed by atoms with Gasteiger partial charge < -0.3 is 4.42 Å². The molecule has 0 aliphatic rings. The van der Waals surface area contributed by atoms with E-state index in [-0.39, 0.29) is 12.3 Å². The molecule has 7 heteroatoms. The summed E-state index contributed by atoms with van der Waals surface area (Å²) in [6.07, 6.45) is 0.574. The lowest BCUT2D eigenvalue weighted by molar-refractivity contribution is -0.117. The molecule has 0 saturated carbocycles. The number of fused-ring (bicyclic) bond motifs is 1. The van der Waals surface area contributed by atoms with E-state index >= 15 is 0 Å². The van der Waals surface area contributed by atoms with Crippen LogP contribution in [-0.4, -0.2) is 21.1 Å². The summed E-state index contributed by atoms with van der Waals surface area (Å²) in [5.41, 5.74) is 4.73. The molecule has 0 unspecified atom stereocenters. The zero-order valence-electron chi connectivity index (χ0n) is 18.4. The van der Waals surface area contributed by atoms with Gasteiger partial charge >= 0.3 is 0 Å². The number of aryl methyl sites for hydroxylation is 3. The lowest BCUT2D eigenvalue weighted by atomic mass is 10.1. The van der Waals surface area contributed by atoms with Gasteiger partial charge in [-0.15, -0.1) is 10.2 Å². The van der Waals surface area contributed by atoms with Crippen molar-refractivity contribution >= 4 is 38.3 Å². The summed E-state index contributed by atoms with van der Waals surface area (Å²) >= 11 is 1.50. The Labute approximate surface area is 195 Å². The summed E-state index contributed by atoms with van der Waals surface area (Å²) in [6.45, 7) is 4.02. The van der Waals surface area contributed by atoms with Crippen molar-refractivity contribution in [3.63, 3.8) is 0 Å². The van der Waals surface area contributed by atoms with Gasteiger partial charge in [-0.25, -0.2) is 4.98 Å². The number of hydrogen-bond acceptors (Lipinski definition) is 6. The van der Waals surface area contributed by atoms with Crippen LogP contribution in [0, 0.1) is 13.8 Å². The maximum absolute atomic E-state index is 13.5. The van der Waals surface area contributed by atoms with Gasteiger partial charge in [-0.2, -0.15) is 0 Å². The minimum atomic E-state index is -0.0709. The molecule has 2 aromatic heterocycles. The molecule has 33 heavy (non-hydrogen) atoms. The Kier molecular flexibility index (Phi) is 5.71. The fraction of sp³-hybridized carbons (Fsp3) is 0.154. The fourth-order valence-corrected chi connectivity index (χ4v) is 4.60. The minimum absolute atomic E-state index is 0.0709. The second-order valence-corrected chi connectivity index (χ2v) is 8.86. The second kappa shape index (κ2) is 8.96. The number of hydrogen-bond donors (Lipinski definition) is 0. The van der Waals surface area contributed by atoms with Crippen LogP contribution < -0.4 is 4.90 Å². The number of carbonyl (C=O) groups excluding carboxylic acids is 1. The number of aromatic nitrogens is 3. The van der Waals surface area contributed by atoms with Crippen LogP contribution in [0.15, 0.2) is 77.2 Å². The van der Waals surface area contributed by atoms with Crippen molar-refractivity contribution in [2.24, 2.45) is 0 Å². The van der Waals surface area contributed by atoms with Crippen LogP contribution >= 0.6 is 11.3 Å². The molecular weight excluding hydrogens is 432 g/mol. The van der Waals surface area contributed by atoms with Crippen molar-refractivity contribution < 1.29 is 9.21 Å². The molecule has 0 bridgehead atoms. The van der Waals surface area contributed by atoms with Crippen LogP contribution in [0.3, 0.4) is 0 Å². The SMILES string of the molecule is Cc1ccc(-c2nnc(CCC(=O)N(c3nc4ccccc4s3)c3ccccc3C)o2)cc1. The highest BCUT2D eigenvalue weighted by Gasteiger charge is 2.23. The number of para-hydroxylation sites is 2. The molecule has 164 valence electrons. The van der Waals surface area contributed by atoms with Crippen molar-refractivity contribution in [1.82, 2.24) is 15.2 Å². The van der Waals surface area contributed by atoms with E-state index in [1.165, 1.54) is 11.3 Å². The molecule has 0 saturated heterocycles. The molecule has 0 aliphatic carbocycles. The summed E-state index contributed by atoms with van der Waals surface area (Å²) in [4.78, 5) is 19.9. The van der Waals surface area contributed by atoms with E-state index in [1.54, 1.807) is 4.90 Å². The Hall–Kier alpha value is -3.84. The Morgan fingerprint density at radius 2 is 1.70 bits per heavy atom. The molecular formula is C26H22N4O2S. The summed E-state index contributed by atoms with van der Waals surface area (Å²) in [5.74, 6) is 0.825. The highest BCUT2D eigenvalue weighted by molar-refractivity contribution is 7.22. The summed E-state index contributed by atoms with van der Waals surface area (Å²) < 4.78 is 6.86. The van der Waals surface area contributed by atoms with Gasteiger partial charge in [0.1, 0.15) is 0 Å². The van der Waals surface area contributed by atoms with Gasteiger partial charge in [0.15, 0.2) is 5.13 Å². The van der Waals surface area contributed by atoms with Crippen molar-refractivity contribution in [2.45, 2.75) is 26.7 Å². The predicted octanol–water partition coefficient (Wildman–Crippen LogP) is 6.26. The highest BCUT2D eigenvalue weighted by Crippen LogP contribution is 2.35. The number of anilines is 2. The van der Waals surface area contributed by atoms with Crippen LogP contribution in [0.4, 0.5) is 10.8 Å². The van der Waals surface area contributed by atoms with E-state index in [0.717, 1.165) is 32.6 Å². The molecule has 1 amide bonds. The number of amides is 1. The lowest BCUT2D eigenvalue weighted by Gasteiger charge is -2.21. The van der Waals surface area contributed by atoms with E-state index in [9.17, 15) is 4.79 Å². The molecule has 5 aromatic rings. The average Bonchev–Trinajstić information content (AvgIpc) is 3.47. The van der Waals surface area contributed by atoms with Gasteiger partial charge in [-0.05, 0) is 49.7 Å². The third kappa shape index (κ3) is 4.40. The van der Waals surface area contributed by atoms with Crippen LogP contribution in [0.2, 0.25) is 0 Å². The third-order valence-corrected chi connectivity index (χ3v) is 6.42. The molecule has 0 N–H and O–H groups in total. The normalized spacial score (nSPS) is 11.1. The Morgan fingerprint density at radius 1 is 0.939 bits per heavy atom. The molecule has 0 radical (unpaired) electrons. The predicted molar refractivity (Wildman–Crippen MR) is 131 cm³/mol. The van der Waals surface area contributed by atoms with E-state index in [1.807, 2.05) is 86.6 Å². The monoisotopic (exact) mass is 454 g/mol. The molecule has 0 fully saturated rings. The maximum Gasteiger partial charge on any atom is 0.247 e. The van der Waals surface area contributed by atoms with Crippen molar-refractivity contribution in [3.8, 4) is 11.5 Å². The zero-order valence-corrected chi connectivity index (χ0v) is 19.2. The van der Waals surface area contributed by atoms with Gasteiger partial charge in [-0.1, -0.05) is 59.4 Å². The first-order chi connectivity index (χ1) is 16.1. The van der Waals surface area contributed by atoms with Gasteiger partial charge in [-0.3, -0.25) is 9.69 Å². The first kappa shape index (κ1) is 21.0. The average molecular weight is 455 g/mol. The van der Waals surface area contributed by atoms with E-state index in [0.29, 0.717) is 23.3 Å². The van der Waals surface area contributed by atoms with Crippen LogP contribution in [-0.2, 0) is 11.2 Å². The number of rotatable bonds is 6. The standard InChI is InChI=1S/C26H22N4O2S/c1-17-11-13-19(14-12-17)25-29-28-23(32-25)15-16-24(31)30(21-9-5-3-7-18(21)2)26-27-20-8-4-6-10-22(20)33-26/h3-14H,15-16H2,1-2H3. The molecule has 0 aliphatic heterocycles. The first-order valence-corrected chi connectivity index (χ1v) is 11.5. The molecule has 0 spiro atoms. The van der Waals surface area contributed by atoms with Gasteiger partial charge in [0.2, 0.25) is 17.7 Å². The molecule has 2 heterocycles. The number of nitrogens with zero attached hydrogens (tertiary/aromatic N) is 4. The van der Waals surface area contributed by atoms with Gasteiger partial charge in [0.05, 0.1) is 15.9 Å². The fourth-order valence-electron chi connectivity index (χ4n) is 3.61. The Morgan fingerprint density at radius 3 is 2.48 bits per heavy atom. The lowest BCUT2D eigenvalue weighted by Crippen LogP contribution is -2.26. The summed E-state index contributed by atoms with van der Waals surface area (Å²) in [7, 11) is 0. The minimum Gasteiger partial charge on any atom is -0.421 e. The van der Waals surface area contributed by atoms with E-state index in [2.05, 4.69) is 10.2 Å². The topological polar surface area (TPSA) is 72.1 Å². The number of thiazole rings is 1. The first-order valence-electron chi connectivity index (χ1n) is 10.7. The van der Waals surface area contributed by atoms with E-state index < -0.39 is 0 Å². The molecule has 6 nitrogen and oxygen atoms in total. The maximum atomic E-state index is 13.5. The summed E-state index contributed by atoms with van der Waals surface area (Å²) in [6, 6.07) is 23.6. The van der Waals surface area contributed by atoms with Crippen molar-refractivity contribution in [3.05, 3.63) is 89.8 Å². The molecule has 3 aromatic carbocycles. The Balaban J connectivity index is 1.40. The van der Waals surface area contributed by atoms with E-state index in [4.69, 9.17) is 9.40 Å². The van der Waals surface area contributed by atoms with Crippen LogP contribution in [0.25, 0.3) is 21.7 Å². The highest BCUT2D eigenvalue weighted by atomic mass is 32.1. The Bertz CT molecular complexity index is 1390. The largest absolute Gasteiger partial charge is 0.421 e. The third-order valence-electron chi connectivity index (χ3n) is 5.40. The quantitative estimate of drug-likeness (QED) is 0.303. The molecule has 0 atom stereocenters. The smallest absolute Gasteiger partial charge is 0.247 e. The van der Waals surface area contributed by atoms with Crippen molar-refractivity contribution in [1.29, 1.82) is 0 Å². The number of benzene rings is 3. The summed E-state index contributed by atoms with van der Waals surface area (Å²) in [5, 5.41) is 8.94.